The molecule has 2 amide bonds. The maximum absolute atomic E-state index is 12.5. The molecule has 0 spiro atoms. The van der Waals surface area contributed by atoms with E-state index in [2.05, 4.69) is 20.6 Å². The van der Waals surface area contributed by atoms with Crippen LogP contribution in [-0.2, 0) is 14.6 Å². The lowest BCUT2D eigenvalue weighted by molar-refractivity contribution is -0.115. The number of nitrogens with zero attached hydrogens (tertiary/aromatic N) is 2. The SMILES string of the molecule is COc1cc(-c2cccc(-c3csc(NC(=O)CNC(=O)c4cccc(S(=O)(=O)C(C)C)c4)n3)c2)ccn1. The van der Waals surface area contributed by atoms with Gasteiger partial charge in [-0.15, -0.1) is 11.3 Å². The third-order valence-electron chi connectivity index (χ3n) is 5.64. The number of methoxy groups -OCH3 is 1. The predicted molar refractivity (Wildman–Crippen MR) is 147 cm³/mol. The van der Waals surface area contributed by atoms with Crippen LogP contribution in [0.4, 0.5) is 5.13 Å². The molecule has 2 aromatic carbocycles. The van der Waals surface area contributed by atoms with E-state index in [1.807, 2.05) is 41.8 Å². The number of aromatic nitrogens is 2. The number of sulfone groups is 1. The standard InChI is InChI=1S/C27H26N4O5S2/c1-17(2)38(34,35)22-9-5-8-21(13-22)26(33)29-15-24(32)31-27-30-23(16-37-27)20-7-4-6-18(12-20)19-10-11-28-25(14-19)36-3/h4-14,16-17H,15H2,1-3H3,(H,29,33)(H,30,31,32). The van der Waals surface area contributed by atoms with Crippen LogP contribution in [0.5, 0.6) is 5.88 Å². The lowest BCUT2D eigenvalue weighted by Gasteiger charge is -2.10. The predicted octanol–water partition coefficient (Wildman–Crippen LogP) is 4.43. The molecular weight excluding hydrogens is 524 g/mol. The Morgan fingerprint density at radius 2 is 1.74 bits per heavy atom. The van der Waals surface area contributed by atoms with E-state index < -0.39 is 26.9 Å². The monoisotopic (exact) mass is 550 g/mol. The van der Waals surface area contributed by atoms with Gasteiger partial charge in [0.2, 0.25) is 11.8 Å². The molecule has 0 saturated carbocycles. The Labute approximate surface area is 224 Å². The molecule has 196 valence electrons. The van der Waals surface area contributed by atoms with Crippen LogP contribution >= 0.6 is 11.3 Å². The van der Waals surface area contributed by atoms with Gasteiger partial charge in [0.25, 0.3) is 5.91 Å². The molecule has 0 fully saturated rings. The number of ether oxygens (including phenoxy) is 1. The number of nitrogens with one attached hydrogen (secondary N) is 2. The molecule has 0 bridgehead atoms. The van der Waals surface area contributed by atoms with E-state index >= 15 is 0 Å². The largest absolute Gasteiger partial charge is 0.481 e. The van der Waals surface area contributed by atoms with E-state index in [0.29, 0.717) is 16.7 Å². The molecular formula is C27H26N4O5S2. The van der Waals surface area contributed by atoms with Crippen molar-refractivity contribution < 1.29 is 22.7 Å². The van der Waals surface area contributed by atoms with Crippen molar-refractivity contribution in [3.8, 4) is 28.3 Å². The van der Waals surface area contributed by atoms with Crippen molar-refractivity contribution in [2.75, 3.05) is 19.0 Å². The summed E-state index contributed by atoms with van der Waals surface area (Å²) in [6.07, 6.45) is 1.68. The van der Waals surface area contributed by atoms with Gasteiger partial charge < -0.3 is 15.4 Å². The second-order valence-electron chi connectivity index (χ2n) is 8.56. The Morgan fingerprint density at radius 1 is 1.00 bits per heavy atom. The van der Waals surface area contributed by atoms with Gasteiger partial charge in [-0.3, -0.25) is 9.59 Å². The highest BCUT2D eigenvalue weighted by atomic mass is 32.2. The van der Waals surface area contributed by atoms with Gasteiger partial charge in [-0.1, -0.05) is 24.3 Å². The molecule has 4 aromatic rings. The van der Waals surface area contributed by atoms with Gasteiger partial charge >= 0.3 is 0 Å². The lowest BCUT2D eigenvalue weighted by atomic mass is 10.0. The summed E-state index contributed by atoms with van der Waals surface area (Å²) in [4.78, 5) is 33.7. The molecule has 9 nitrogen and oxygen atoms in total. The number of pyridine rings is 1. The molecule has 0 aliphatic carbocycles. The van der Waals surface area contributed by atoms with Gasteiger partial charge in [-0.25, -0.2) is 18.4 Å². The van der Waals surface area contributed by atoms with Crippen LogP contribution in [0.25, 0.3) is 22.4 Å². The minimum absolute atomic E-state index is 0.0621. The molecule has 0 radical (unpaired) electrons. The van der Waals surface area contributed by atoms with Gasteiger partial charge in [0.15, 0.2) is 15.0 Å². The quantitative estimate of drug-likeness (QED) is 0.316. The first-order valence-corrected chi connectivity index (χ1v) is 14.1. The first-order valence-electron chi connectivity index (χ1n) is 11.7. The summed E-state index contributed by atoms with van der Waals surface area (Å²) in [5.41, 5.74) is 3.64. The zero-order valence-electron chi connectivity index (χ0n) is 21.0. The number of carbonyl (C=O) groups excluding carboxylic acids is 2. The summed E-state index contributed by atoms with van der Waals surface area (Å²) in [6, 6.07) is 17.3. The molecule has 2 heterocycles. The molecule has 4 rings (SSSR count). The molecule has 0 atom stereocenters. The molecule has 0 unspecified atom stereocenters. The number of benzene rings is 2. The fraction of sp³-hybridized carbons (Fsp3) is 0.185. The molecule has 0 aliphatic rings. The summed E-state index contributed by atoms with van der Waals surface area (Å²) in [6.45, 7) is 2.85. The molecule has 11 heteroatoms. The fourth-order valence-corrected chi connectivity index (χ4v) is 5.37. The average molecular weight is 551 g/mol. The Balaban J connectivity index is 1.38. The minimum Gasteiger partial charge on any atom is -0.481 e. The highest BCUT2D eigenvalue weighted by Crippen LogP contribution is 2.29. The number of anilines is 1. The van der Waals surface area contributed by atoms with Crippen LogP contribution in [0.3, 0.4) is 0 Å². The van der Waals surface area contributed by atoms with E-state index in [1.54, 1.807) is 27.2 Å². The van der Waals surface area contributed by atoms with E-state index in [0.717, 1.165) is 16.7 Å². The minimum atomic E-state index is -3.52. The number of hydrogen-bond donors (Lipinski definition) is 2. The number of thiazole rings is 1. The Morgan fingerprint density at radius 3 is 2.50 bits per heavy atom. The van der Waals surface area contributed by atoms with Crippen LogP contribution in [0.1, 0.15) is 24.2 Å². The smallest absolute Gasteiger partial charge is 0.251 e. The van der Waals surface area contributed by atoms with Crippen molar-refractivity contribution in [3.05, 3.63) is 77.8 Å². The van der Waals surface area contributed by atoms with Crippen LogP contribution < -0.4 is 15.4 Å². The van der Waals surface area contributed by atoms with E-state index in [4.69, 9.17) is 4.74 Å². The van der Waals surface area contributed by atoms with Gasteiger partial charge in [0, 0.05) is 28.8 Å². The third-order valence-corrected chi connectivity index (χ3v) is 8.55. The van der Waals surface area contributed by atoms with Gasteiger partial charge in [0.05, 0.1) is 29.5 Å². The van der Waals surface area contributed by atoms with Crippen molar-refractivity contribution in [2.24, 2.45) is 0 Å². The van der Waals surface area contributed by atoms with Crippen LogP contribution in [-0.4, -0.2) is 49.1 Å². The molecule has 2 N–H and O–H groups in total. The second-order valence-corrected chi connectivity index (χ2v) is 11.9. The molecule has 38 heavy (non-hydrogen) atoms. The van der Waals surface area contributed by atoms with Crippen LogP contribution in [0.2, 0.25) is 0 Å². The maximum Gasteiger partial charge on any atom is 0.251 e. The zero-order valence-corrected chi connectivity index (χ0v) is 22.6. The van der Waals surface area contributed by atoms with Crippen LogP contribution in [0, 0.1) is 0 Å². The van der Waals surface area contributed by atoms with Crippen molar-refractivity contribution in [2.45, 2.75) is 24.0 Å². The van der Waals surface area contributed by atoms with Crippen molar-refractivity contribution in [1.29, 1.82) is 0 Å². The van der Waals surface area contributed by atoms with Gasteiger partial charge in [-0.05, 0) is 55.3 Å². The number of amides is 2. The highest BCUT2D eigenvalue weighted by molar-refractivity contribution is 7.92. The van der Waals surface area contributed by atoms with Gasteiger partial charge in [-0.2, -0.15) is 0 Å². The van der Waals surface area contributed by atoms with E-state index in [-0.39, 0.29) is 17.0 Å². The number of rotatable bonds is 9. The molecule has 0 saturated heterocycles. The zero-order chi connectivity index (χ0) is 27.3. The van der Waals surface area contributed by atoms with Gasteiger partial charge in [0.1, 0.15) is 0 Å². The first kappa shape index (κ1) is 27.0. The van der Waals surface area contributed by atoms with Crippen molar-refractivity contribution >= 4 is 38.1 Å². The summed E-state index contributed by atoms with van der Waals surface area (Å²) >= 11 is 1.27. The normalized spacial score (nSPS) is 11.3. The van der Waals surface area contributed by atoms with Crippen molar-refractivity contribution in [3.63, 3.8) is 0 Å². The second kappa shape index (κ2) is 11.5. The average Bonchev–Trinajstić information content (AvgIpc) is 3.40. The summed E-state index contributed by atoms with van der Waals surface area (Å²) in [5, 5.41) is 6.81. The Bertz CT molecular complexity index is 1580. The Kier molecular flexibility index (Phi) is 8.18. The number of carbonyl (C=O) groups is 2. The summed E-state index contributed by atoms with van der Waals surface area (Å²) < 4.78 is 30.0. The maximum atomic E-state index is 12.5. The molecule has 0 aliphatic heterocycles. The highest BCUT2D eigenvalue weighted by Gasteiger charge is 2.20. The van der Waals surface area contributed by atoms with E-state index in [1.165, 1.54) is 35.6 Å². The van der Waals surface area contributed by atoms with Crippen molar-refractivity contribution in [1.82, 2.24) is 15.3 Å². The topological polar surface area (TPSA) is 127 Å². The molecule has 2 aromatic heterocycles. The summed E-state index contributed by atoms with van der Waals surface area (Å²) in [7, 11) is -1.96. The fourth-order valence-electron chi connectivity index (χ4n) is 3.54. The Hall–Kier alpha value is -4.09. The summed E-state index contributed by atoms with van der Waals surface area (Å²) in [5.74, 6) is -0.486. The number of hydrogen-bond acceptors (Lipinski definition) is 8. The van der Waals surface area contributed by atoms with Crippen LogP contribution in [0.15, 0.2) is 77.1 Å². The third kappa shape index (κ3) is 6.24. The van der Waals surface area contributed by atoms with E-state index in [9.17, 15) is 18.0 Å². The lowest BCUT2D eigenvalue weighted by Crippen LogP contribution is -2.33. The first-order chi connectivity index (χ1) is 18.2.